The summed E-state index contributed by atoms with van der Waals surface area (Å²) in [6, 6.07) is 12.0. The summed E-state index contributed by atoms with van der Waals surface area (Å²) >= 11 is 5.93. The van der Waals surface area contributed by atoms with Gasteiger partial charge in [0.15, 0.2) is 6.35 Å². The summed E-state index contributed by atoms with van der Waals surface area (Å²) in [5.41, 5.74) is 4.46. The van der Waals surface area contributed by atoms with E-state index in [0.717, 1.165) is 52.4 Å². The first kappa shape index (κ1) is 25.7. The molecule has 2 N–H and O–H groups in total. The monoisotopic (exact) mass is 516 g/mol. The fraction of sp³-hybridized carbons (Fsp3) is 0.571. The fourth-order valence-electron chi connectivity index (χ4n) is 5.89. The number of piperidine rings is 1. The number of rotatable bonds is 5. The predicted octanol–water partition coefficient (Wildman–Crippen LogP) is 4.65. The average Bonchev–Trinajstić information content (AvgIpc) is 3.02. The van der Waals surface area contributed by atoms with E-state index in [1.807, 2.05) is 4.90 Å². The van der Waals surface area contributed by atoms with Crippen molar-refractivity contribution in [3.8, 4) is 0 Å². The third-order valence-electron chi connectivity index (χ3n) is 8.17. The van der Waals surface area contributed by atoms with E-state index in [1.165, 1.54) is 41.8 Å². The molecule has 8 heteroatoms. The minimum absolute atomic E-state index is 0.00481. The van der Waals surface area contributed by atoms with Gasteiger partial charge >= 0.3 is 0 Å². The maximum Gasteiger partial charge on any atom is 0.184 e. The second-order valence-corrected chi connectivity index (χ2v) is 11.4. The summed E-state index contributed by atoms with van der Waals surface area (Å²) in [4.78, 5) is 7.15. The van der Waals surface area contributed by atoms with Crippen LogP contribution in [0.1, 0.15) is 44.2 Å². The number of morpholine rings is 1. The van der Waals surface area contributed by atoms with E-state index in [1.54, 1.807) is 6.07 Å². The number of nitrogens with zero attached hydrogens (tertiary/aromatic N) is 3. The molecule has 0 bridgehead atoms. The highest BCUT2D eigenvalue weighted by Crippen LogP contribution is 2.37. The van der Waals surface area contributed by atoms with Crippen LogP contribution in [0.2, 0.25) is 5.02 Å². The molecule has 3 heterocycles. The molecule has 5 rings (SSSR count). The van der Waals surface area contributed by atoms with E-state index >= 15 is 0 Å². The van der Waals surface area contributed by atoms with Crippen molar-refractivity contribution in [3.63, 3.8) is 0 Å². The van der Waals surface area contributed by atoms with Gasteiger partial charge in [-0.2, -0.15) is 0 Å². The second-order valence-electron chi connectivity index (χ2n) is 11.0. The number of hydrogen-bond acceptors (Lipinski definition) is 6. The average molecular weight is 517 g/mol. The van der Waals surface area contributed by atoms with Gasteiger partial charge in [-0.25, -0.2) is 4.39 Å². The predicted molar refractivity (Wildman–Crippen MR) is 143 cm³/mol. The van der Waals surface area contributed by atoms with Gasteiger partial charge in [0.25, 0.3) is 0 Å². The first-order valence-corrected chi connectivity index (χ1v) is 13.5. The van der Waals surface area contributed by atoms with E-state index in [9.17, 15) is 9.50 Å². The number of benzene rings is 2. The van der Waals surface area contributed by atoms with Crippen LogP contribution in [-0.2, 0) is 16.7 Å². The molecule has 0 radical (unpaired) electrons. The molecule has 196 valence electrons. The van der Waals surface area contributed by atoms with Crippen LogP contribution >= 0.6 is 11.6 Å². The van der Waals surface area contributed by atoms with Crippen molar-refractivity contribution in [1.82, 2.24) is 9.80 Å². The Morgan fingerprint density at radius 2 is 1.81 bits per heavy atom. The van der Waals surface area contributed by atoms with Crippen molar-refractivity contribution in [2.24, 2.45) is 0 Å². The molecule has 6 nitrogen and oxygen atoms in total. The van der Waals surface area contributed by atoms with Crippen LogP contribution in [0.5, 0.6) is 0 Å². The summed E-state index contributed by atoms with van der Waals surface area (Å²) < 4.78 is 19.1. The Kier molecular flexibility index (Phi) is 7.75. The topological polar surface area (TPSA) is 51.2 Å². The van der Waals surface area contributed by atoms with Crippen LogP contribution in [0, 0.1) is 5.82 Å². The zero-order chi connectivity index (χ0) is 25.3. The Morgan fingerprint density at radius 1 is 1.06 bits per heavy atom. The lowest BCUT2D eigenvalue weighted by molar-refractivity contribution is 0.0115. The third-order valence-corrected chi connectivity index (χ3v) is 8.46. The number of halogens is 2. The van der Waals surface area contributed by atoms with Crippen LogP contribution in [0.25, 0.3) is 0 Å². The van der Waals surface area contributed by atoms with E-state index in [0.29, 0.717) is 18.3 Å². The van der Waals surface area contributed by atoms with E-state index in [-0.39, 0.29) is 10.4 Å². The zero-order valence-corrected chi connectivity index (χ0v) is 22.1. The zero-order valence-electron chi connectivity index (χ0n) is 21.4. The number of aliphatic hydroxyl groups excluding tert-OH is 1. The molecule has 2 aromatic carbocycles. The van der Waals surface area contributed by atoms with Gasteiger partial charge in [0.1, 0.15) is 5.82 Å². The first-order valence-electron chi connectivity index (χ1n) is 13.1. The number of ether oxygens (including phenoxy) is 1. The molecule has 3 aliphatic heterocycles. The van der Waals surface area contributed by atoms with Gasteiger partial charge < -0.3 is 20.1 Å². The summed E-state index contributed by atoms with van der Waals surface area (Å²) in [6.07, 6.45) is 2.38. The Morgan fingerprint density at radius 3 is 2.53 bits per heavy atom. The number of fused-ring (bicyclic) bond motifs is 1. The molecule has 0 aliphatic carbocycles. The van der Waals surface area contributed by atoms with Crippen molar-refractivity contribution in [2.75, 3.05) is 56.2 Å². The minimum atomic E-state index is -0.902. The summed E-state index contributed by atoms with van der Waals surface area (Å²) in [5.74, 6) is -0.469. The maximum atomic E-state index is 13.6. The molecule has 0 amide bonds. The summed E-state index contributed by atoms with van der Waals surface area (Å²) in [6.45, 7) is 11.9. The number of anilines is 2. The maximum absolute atomic E-state index is 13.6. The molecule has 3 aliphatic rings. The van der Waals surface area contributed by atoms with E-state index < -0.39 is 12.2 Å². The summed E-state index contributed by atoms with van der Waals surface area (Å²) in [7, 11) is 0. The quantitative estimate of drug-likeness (QED) is 0.564. The molecule has 0 aromatic heterocycles. The van der Waals surface area contributed by atoms with Crippen molar-refractivity contribution in [3.05, 3.63) is 58.4 Å². The Balaban J connectivity index is 1.29. The van der Waals surface area contributed by atoms with Crippen LogP contribution in [0.3, 0.4) is 0 Å². The normalized spacial score (nSPS) is 22.6. The Bertz CT molecular complexity index is 1050. The van der Waals surface area contributed by atoms with Gasteiger partial charge in [0, 0.05) is 56.7 Å². The third kappa shape index (κ3) is 5.65. The van der Waals surface area contributed by atoms with Gasteiger partial charge in [-0.15, -0.1) is 0 Å². The van der Waals surface area contributed by atoms with Crippen molar-refractivity contribution in [2.45, 2.75) is 57.5 Å². The molecule has 2 saturated heterocycles. The smallest absolute Gasteiger partial charge is 0.184 e. The van der Waals surface area contributed by atoms with Crippen LogP contribution in [0.15, 0.2) is 36.4 Å². The number of hydrogen-bond donors (Lipinski definition) is 2. The SMILES string of the molecule is CC1(C)CCN(C(O)Nc2ccc(F)c(Cl)c2)Cc2cc(N3CCC(N4CCOCC4)CC3)ccc21. The van der Waals surface area contributed by atoms with Crippen molar-refractivity contribution in [1.29, 1.82) is 0 Å². The van der Waals surface area contributed by atoms with Gasteiger partial charge in [-0.3, -0.25) is 9.80 Å². The Hall–Kier alpha value is -1.90. The molecule has 1 atom stereocenters. The molecule has 2 aromatic rings. The van der Waals surface area contributed by atoms with E-state index in [4.69, 9.17) is 16.3 Å². The fourth-order valence-corrected chi connectivity index (χ4v) is 6.07. The molecule has 2 fully saturated rings. The molecule has 36 heavy (non-hydrogen) atoms. The second kappa shape index (κ2) is 10.8. The van der Waals surface area contributed by atoms with Crippen molar-refractivity contribution < 1.29 is 14.2 Å². The van der Waals surface area contributed by atoms with Gasteiger partial charge in [0.05, 0.1) is 18.2 Å². The highest BCUT2D eigenvalue weighted by Gasteiger charge is 2.32. The molecule has 0 spiro atoms. The lowest BCUT2D eigenvalue weighted by Crippen LogP contribution is -2.49. The number of nitrogens with one attached hydrogen (secondary N) is 1. The standard InChI is InChI=1S/C28H38ClFN4O2/c1-28(2)9-12-34(27(35)31-21-3-6-26(30)25(29)18-21)19-20-17-23(4-5-24(20)28)32-10-7-22(8-11-32)33-13-15-36-16-14-33/h3-6,17-18,22,27,31,35H,7-16,19H2,1-2H3. The lowest BCUT2D eigenvalue weighted by atomic mass is 9.80. The number of aliphatic hydroxyl groups is 1. The summed E-state index contributed by atoms with van der Waals surface area (Å²) in [5, 5.41) is 14.2. The highest BCUT2D eigenvalue weighted by atomic mass is 35.5. The van der Waals surface area contributed by atoms with E-state index in [2.05, 4.69) is 47.2 Å². The minimum Gasteiger partial charge on any atom is -0.379 e. The highest BCUT2D eigenvalue weighted by molar-refractivity contribution is 6.31. The molecule has 0 saturated carbocycles. The first-order chi connectivity index (χ1) is 17.3. The van der Waals surface area contributed by atoms with Crippen molar-refractivity contribution >= 4 is 23.0 Å². The molecular formula is C28H38ClFN4O2. The Labute approximate surface area is 219 Å². The molecular weight excluding hydrogens is 479 g/mol. The molecule has 1 unspecified atom stereocenters. The van der Waals surface area contributed by atoms with Gasteiger partial charge in [-0.05, 0) is 66.1 Å². The van der Waals surface area contributed by atoms with Crippen LogP contribution in [-0.4, -0.2) is 73.2 Å². The largest absolute Gasteiger partial charge is 0.379 e. The lowest BCUT2D eigenvalue weighted by Gasteiger charge is -2.41. The van der Waals surface area contributed by atoms with Gasteiger partial charge in [-0.1, -0.05) is 31.5 Å². The van der Waals surface area contributed by atoms with Crippen LogP contribution in [0.4, 0.5) is 15.8 Å². The van der Waals surface area contributed by atoms with Crippen LogP contribution < -0.4 is 10.2 Å². The van der Waals surface area contributed by atoms with Gasteiger partial charge in [0.2, 0.25) is 0 Å².